The molecule has 4 rings (SSSR count). The Balaban J connectivity index is 1.62. The maximum absolute atomic E-state index is 14.7. The third kappa shape index (κ3) is 15.7. The van der Waals surface area contributed by atoms with Crippen molar-refractivity contribution in [1.82, 2.24) is 36.5 Å². The molecule has 0 saturated carbocycles. The van der Waals surface area contributed by atoms with Crippen LogP contribution in [0.2, 0.25) is 0 Å². The fourth-order valence-corrected chi connectivity index (χ4v) is 7.25. The van der Waals surface area contributed by atoms with Gasteiger partial charge in [0, 0.05) is 49.6 Å². The first-order valence-corrected chi connectivity index (χ1v) is 21.1. The zero-order chi connectivity index (χ0) is 47.6. The molecule has 6 atom stereocenters. The number of nitrogens with zero attached hydrogens (tertiary/aromatic N) is 3. The van der Waals surface area contributed by atoms with Gasteiger partial charge >= 0.3 is 5.97 Å². The topological polar surface area (TPSA) is 394 Å². The predicted molar refractivity (Wildman–Crippen MR) is 240 cm³/mol. The van der Waals surface area contributed by atoms with E-state index >= 15 is 0 Å². The molecular formula is C42H60N14O9. The molecule has 23 nitrogen and oxygen atoms in total. The summed E-state index contributed by atoms with van der Waals surface area (Å²) in [6, 6.07) is 6.21. The van der Waals surface area contributed by atoms with Gasteiger partial charge in [0.15, 0.2) is 11.9 Å². The van der Waals surface area contributed by atoms with E-state index in [1.165, 1.54) is 24.0 Å². The van der Waals surface area contributed by atoms with Gasteiger partial charge in [-0.1, -0.05) is 30.3 Å². The van der Waals surface area contributed by atoms with Gasteiger partial charge in [-0.15, -0.1) is 0 Å². The number of nitrogens with one attached hydrogen (secondary N) is 6. The molecule has 0 unspecified atom stereocenters. The van der Waals surface area contributed by atoms with E-state index in [0.29, 0.717) is 17.5 Å². The zero-order valence-electron chi connectivity index (χ0n) is 36.1. The van der Waals surface area contributed by atoms with Crippen LogP contribution in [0.5, 0.6) is 5.75 Å². The lowest BCUT2D eigenvalue weighted by Crippen LogP contribution is -2.59. The van der Waals surface area contributed by atoms with E-state index < -0.39 is 84.2 Å². The van der Waals surface area contributed by atoms with Gasteiger partial charge < -0.3 is 75.3 Å². The summed E-state index contributed by atoms with van der Waals surface area (Å²) in [5, 5.41) is 32.9. The minimum atomic E-state index is -1.34. The number of carbonyl (C=O) groups excluding carboxylic acids is 6. The third-order valence-electron chi connectivity index (χ3n) is 10.5. The molecule has 2 aromatic carbocycles. The number of phenols is 1. The maximum Gasteiger partial charge on any atom is 0.322 e. The summed E-state index contributed by atoms with van der Waals surface area (Å²) in [5.41, 5.74) is 29.6. The minimum absolute atomic E-state index is 0.00561. The summed E-state index contributed by atoms with van der Waals surface area (Å²) in [7, 11) is 0. The Bertz CT molecular complexity index is 2200. The van der Waals surface area contributed by atoms with Gasteiger partial charge in [-0.3, -0.25) is 43.5 Å². The van der Waals surface area contributed by atoms with Crippen molar-refractivity contribution in [2.45, 2.75) is 94.5 Å². The molecule has 1 aromatic heterocycles. The van der Waals surface area contributed by atoms with E-state index in [0.717, 1.165) is 10.9 Å². The fraction of sp³-hybridized carbons (Fsp3) is 0.452. The number of para-hydroxylation sites is 1. The molecule has 1 fully saturated rings. The second-order valence-corrected chi connectivity index (χ2v) is 15.7. The van der Waals surface area contributed by atoms with Gasteiger partial charge in [0.25, 0.3) is 0 Å². The Morgan fingerprint density at radius 1 is 0.769 bits per heavy atom. The monoisotopic (exact) mass is 904 g/mol. The van der Waals surface area contributed by atoms with Gasteiger partial charge in [-0.25, -0.2) is 0 Å². The number of carboxylic acid groups (broad SMARTS) is 1. The van der Waals surface area contributed by atoms with Crippen molar-refractivity contribution in [3.8, 4) is 5.75 Å². The lowest BCUT2D eigenvalue weighted by Gasteiger charge is -2.31. The number of aromatic amines is 1. The summed E-state index contributed by atoms with van der Waals surface area (Å²) in [6.45, 7) is 1.12. The second kappa shape index (κ2) is 24.4. The summed E-state index contributed by atoms with van der Waals surface area (Å²) in [4.78, 5) is 107. The number of phenolic OH excluding ortho intramolecular Hbond substituents is 1. The Morgan fingerprint density at radius 3 is 1.97 bits per heavy atom. The summed E-state index contributed by atoms with van der Waals surface area (Å²) < 4.78 is 0. The molecule has 3 aromatic rings. The number of rotatable bonds is 24. The van der Waals surface area contributed by atoms with E-state index in [1.807, 2.05) is 24.3 Å². The highest BCUT2D eigenvalue weighted by Crippen LogP contribution is 2.24. The van der Waals surface area contributed by atoms with E-state index in [4.69, 9.17) is 33.8 Å². The molecule has 1 saturated heterocycles. The van der Waals surface area contributed by atoms with Gasteiger partial charge in [0.05, 0.1) is 6.04 Å². The van der Waals surface area contributed by atoms with E-state index in [1.54, 1.807) is 18.3 Å². The van der Waals surface area contributed by atoms with Crippen molar-refractivity contribution in [1.29, 1.82) is 0 Å². The normalized spacial score (nSPS) is 15.6. The molecule has 6 amide bonds. The number of aliphatic carboxylic acids is 1. The molecule has 0 bridgehead atoms. The fourth-order valence-electron chi connectivity index (χ4n) is 7.25. The molecule has 1 aliphatic heterocycles. The van der Waals surface area contributed by atoms with Crippen molar-refractivity contribution in [3.05, 3.63) is 65.9 Å². The number of amides is 6. The number of carbonyl (C=O) groups is 7. The summed E-state index contributed by atoms with van der Waals surface area (Å²) >= 11 is 0. The summed E-state index contributed by atoms with van der Waals surface area (Å²) in [5.74, 6) is -5.89. The van der Waals surface area contributed by atoms with Crippen LogP contribution >= 0.6 is 0 Å². The minimum Gasteiger partial charge on any atom is -0.508 e. The Kier molecular flexibility index (Phi) is 18.9. The van der Waals surface area contributed by atoms with Crippen LogP contribution in [-0.4, -0.2) is 136 Å². The zero-order valence-corrected chi connectivity index (χ0v) is 36.1. The summed E-state index contributed by atoms with van der Waals surface area (Å²) in [6.07, 6.45) is 2.77. The van der Waals surface area contributed by atoms with Crippen LogP contribution in [0.25, 0.3) is 10.9 Å². The average Bonchev–Trinajstić information content (AvgIpc) is 3.92. The van der Waals surface area contributed by atoms with Crippen LogP contribution in [-0.2, 0) is 46.4 Å². The highest BCUT2D eigenvalue weighted by Gasteiger charge is 2.40. The van der Waals surface area contributed by atoms with Gasteiger partial charge in [0.1, 0.15) is 42.5 Å². The van der Waals surface area contributed by atoms with Crippen molar-refractivity contribution < 1.29 is 43.8 Å². The lowest BCUT2D eigenvalue weighted by atomic mass is 10.0. The first-order valence-electron chi connectivity index (χ1n) is 21.1. The van der Waals surface area contributed by atoms with Crippen LogP contribution in [0.4, 0.5) is 0 Å². The Morgan fingerprint density at radius 2 is 1.35 bits per heavy atom. The number of fused-ring (bicyclic) bond motifs is 1. The Labute approximate surface area is 374 Å². The predicted octanol–water partition coefficient (Wildman–Crippen LogP) is -2.76. The molecule has 1 aliphatic rings. The molecule has 352 valence electrons. The molecule has 18 N–H and O–H groups in total. The number of nitrogens with two attached hydrogens (primary N) is 5. The number of likely N-dealkylation sites (tertiary alicyclic amines) is 1. The number of aromatic hydroxyl groups is 1. The standard InChI is InChI=1S/C42H60N14O9/c1-23(43)35(60)52-30(10-5-17-49-42(46)47)37(62)55-32(20-25-21-50-28-8-3-2-7-27(25)28)40(65)56-18-6-11-33(56)39(64)54-31(19-24-12-14-26(57)15-13-24)38(63)53-29(9-4-16-48-41(44)45)36(61)51-22-34(58)59/h2-3,7-8,12-15,21,23,29-33,50,57H,4-6,9-11,16-20,22,43H2,1H3,(H,51,61)(H,52,60)(H,53,63)(H,54,64)(H,55,62)(H,58,59)(H4,44,45,48)(H4,46,47,49)/t23-,29-,30-,31-,32-,33-/m0/s1. The largest absolute Gasteiger partial charge is 0.508 e. The average molecular weight is 905 g/mol. The van der Waals surface area contributed by atoms with E-state index in [9.17, 15) is 38.7 Å². The van der Waals surface area contributed by atoms with Crippen molar-refractivity contribution in [2.75, 3.05) is 26.2 Å². The van der Waals surface area contributed by atoms with Gasteiger partial charge in [-0.2, -0.15) is 0 Å². The molecule has 0 aliphatic carbocycles. The maximum atomic E-state index is 14.7. The van der Waals surface area contributed by atoms with Gasteiger partial charge in [0.2, 0.25) is 35.4 Å². The van der Waals surface area contributed by atoms with Crippen LogP contribution in [0, 0.1) is 0 Å². The van der Waals surface area contributed by atoms with Crippen molar-refractivity contribution in [3.63, 3.8) is 0 Å². The van der Waals surface area contributed by atoms with Crippen LogP contribution in [0.15, 0.2) is 64.7 Å². The van der Waals surface area contributed by atoms with Crippen LogP contribution in [0.3, 0.4) is 0 Å². The molecule has 0 radical (unpaired) electrons. The highest BCUT2D eigenvalue weighted by molar-refractivity contribution is 5.98. The highest BCUT2D eigenvalue weighted by atomic mass is 16.4. The third-order valence-corrected chi connectivity index (χ3v) is 10.5. The first kappa shape index (κ1) is 50.2. The Hall–Kier alpha value is -7.43. The number of benzene rings is 2. The first-order chi connectivity index (χ1) is 30.9. The molecule has 65 heavy (non-hydrogen) atoms. The lowest BCUT2D eigenvalue weighted by molar-refractivity contribution is -0.142. The van der Waals surface area contributed by atoms with Crippen LogP contribution in [0.1, 0.15) is 56.6 Å². The van der Waals surface area contributed by atoms with Crippen molar-refractivity contribution >= 4 is 64.2 Å². The van der Waals surface area contributed by atoms with Crippen molar-refractivity contribution in [2.24, 2.45) is 38.7 Å². The smallest absolute Gasteiger partial charge is 0.322 e. The molecule has 2 heterocycles. The molecular weight excluding hydrogens is 845 g/mol. The number of aromatic nitrogens is 1. The number of guanidine groups is 2. The number of H-pyrrole nitrogens is 1. The number of hydrogen-bond donors (Lipinski definition) is 13. The quantitative estimate of drug-likeness (QED) is 0.0246. The number of hydrogen-bond acceptors (Lipinski definition) is 11. The van der Waals surface area contributed by atoms with E-state index in [-0.39, 0.29) is 82.2 Å². The second-order valence-electron chi connectivity index (χ2n) is 15.7. The van der Waals surface area contributed by atoms with Crippen LogP contribution < -0.4 is 55.3 Å². The van der Waals surface area contributed by atoms with Gasteiger partial charge in [-0.05, 0) is 74.8 Å². The SMILES string of the molecule is C[C@H](N)C(=O)N[C@@H](CCCN=C(N)N)C(=O)N[C@@H](Cc1c[nH]c2ccccc12)C(=O)N1CCC[C@H]1C(=O)N[C@@H](Cc1ccc(O)cc1)C(=O)N[C@@H](CCCN=C(N)N)C(=O)NCC(=O)O. The molecule has 23 heteroatoms. The number of carboxylic acids is 1. The number of aliphatic imine (C=N–C) groups is 2. The molecule has 0 spiro atoms. The van der Waals surface area contributed by atoms with E-state index in [2.05, 4.69) is 41.6 Å².